The summed E-state index contributed by atoms with van der Waals surface area (Å²) in [4.78, 5) is 10.5. The van der Waals surface area contributed by atoms with Gasteiger partial charge in [-0.25, -0.2) is 8.78 Å². The lowest BCUT2D eigenvalue weighted by atomic mass is 10.1. The van der Waals surface area contributed by atoms with Crippen LogP contribution in [0.1, 0.15) is 20.3 Å². The molecule has 1 saturated heterocycles. The second kappa shape index (κ2) is 3.78. The molecule has 1 heterocycles. The normalized spacial score (nSPS) is 35.6. The van der Waals surface area contributed by atoms with E-state index in [0.717, 1.165) is 6.92 Å². The molecule has 0 bridgehead atoms. The van der Waals surface area contributed by atoms with Crippen LogP contribution in [0.4, 0.5) is 8.78 Å². The average molecular weight is 210 g/mol. The number of hydrogen-bond acceptors (Lipinski definition) is 4. The van der Waals surface area contributed by atoms with Gasteiger partial charge in [-0.05, 0) is 6.42 Å². The van der Waals surface area contributed by atoms with Gasteiger partial charge in [-0.15, -0.1) is 0 Å². The highest BCUT2D eigenvalue weighted by Gasteiger charge is 2.59. The van der Waals surface area contributed by atoms with E-state index in [2.05, 4.69) is 4.74 Å². The Morgan fingerprint density at radius 3 is 2.57 bits per heavy atom. The van der Waals surface area contributed by atoms with E-state index in [9.17, 15) is 13.6 Å². The van der Waals surface area contributed by atoms with Gasteiger partial charge in [0.25, 0.3) is 0 Å². The zero-order chi connectivity index (χ0) is 10.9. The van der Waals surface area contributed by atoms with E-state index >= 15 is 0 Å². The van der Waals surface area contributed by atoms with E-state index in [1.54, 1.807) is 0 Å². The summed E-state index contributed by atoms with van der Waals surface area (Å²) in [6, 6.07) is 0. The first-order valence-corrected chi connectivity index (χ1v) is 4.28. The lowest BCUT2D eigenvalue weighted by Gasteiger charge is -2.17. The Labute approximate surface area is 79.8 Å². The minimum absolute atomic E-state index is 0.0435. The first-order chi connectivity index (χ1) is 6.39. The zero-order valence-electron chi connectivity index (χ0n) is 7.87. The number of halogens is 2. The maximum absolute atomic E-state index is 13.1. The highest BCUT2D eigenvalue weighted by atomic mass is 19.3. The number of aliphatic hydroxyl groups is 1. The van der Waals surface area contributed by atoms with Gasteiger partial charge >= 0.3 is 11.9 Å². The van der Waals surface area contributed by atoms with Crippen LogP contribution in [0.5, 0.6) is 0 Å². The molecule has 0 saturated carbocycles. The molecule has 1 N–H and O–H groups in total. The van der Waals surface area contributed by atoms with Crippen molar-refractivity contribution in [2.75, 3.05) is 0 Å². The first-order valence-electron chi connectivity index (χ1n) is 4.28. The predicted molar refractivity (Wildman–Crippen MR) is 41.7 cm³/mol. The highest BCUT2D eigenvalue weighted by Crippen LogP contribution is 2.38. The lowest BCUT2D eigenvalue weighted by Crippen LogP contribution is -2.40. The summed E-state index contributed by atoms with van der Waals surface area (Å²) in [5, 5.41) is 9.11. The molecule has 0 amide bonds. The van der Waals surface area contributed by atoms with Crippen LogP contribution in [0.3, 0.4) is 0 Å². The Bertz CT molecular complexity index is 231. The predicted octanol–water partition coefficient (Wildman–Crippen LogP) is 0.681. The topological polar surface area (TPSA) is 55.8 Å². The zero-order valence-corrected chi connectivity index (χ0v) is 7.87. The van der Waals surface area contributed by atoms with Crippen LogP contribution in [0, 0.1) is 0 Å². The van der Waals surface area contributed by atoms with Crippen molar-refractivity contribution in [1.82, 2.24) is 0 Å². The maximum Gasteiger partial charge on any atom is 0.305 e. The van der Waals surface area contributed by atoms with Crippen LogP contribution in [-0.4, -0.2) is 35.5 Å². The maximum atomic E-state index is 13.1. The summed E-state index contributed by atoms with van der Waals surface area (Å²) < 4.78 is 35.4. The summed E-state index contributed by atoms with van der Waals surface area (Å²) in [5.74, 6) is -4.13. The third kappa shape index (κ3) is 1.85. The molecule has 0 aliphatic carbocycles. The van der Waals surface area contributed by atoms with Crippen LogP contribution >= 0.6 is 0 Å². The molecular weight excluding hydrogens is 198 g/mol. The Hall–Kier alpha value is -0.750. The van der Waals surface area contributed by atoms with Crippen molar-refractivity contribution in [2.24, 2.45) is 0 Å². The molecule has 1 aliphatic rings. The standard InChI is InChI=1S/C8H12F2O4/c1-3-5-8(9,10)6(12)7(14-5)13-4(2)11/h5-7,12H,3H2,1-2H3/t5-,6+,7?/m1/s1. The third-order valence-corrected chi connectivity index (χ3v) is 2.03. The first kappa shape index (κ1) is 11.3. The molecule has 82 valence electrons. The molecule has 1 unspecified atom stereocenters. The van der Waals surface area contributed by atoms with Crippen molar-refractivity contribution >= 4 is 5.97 Å². The third-order valence-electron chi connectivity index (χ3n) is 2.03. The fraction of sp³-hybridized carbons (Fsp3) is 0.875. The minimum atomic E-state index is -3.37. The van der Waals surface area contributed by atoms with Crippen molar-refractivity contribution in [2.45, 2.75) is 44.7 Å². The van der Waals surface area contributed by atoms with Gasteiger partial charge in [0.2, 0.25) is 6.29 Å². The summed E-state index contributed by atoms with van der Waals surface area (Å²) in [6.45, 7) is 2.56. The van der Waals surface area contributed by atoms with Crippen LogP contribution in [0.25, 0.3) is 0 Å². The molecule has 1 rings (SSSR count). The molecule has 0 aromatic carbocycles. The number of aliphatic hydroxyl groups excluding tert-OH is 1. The van der Waals surface area contributed by atoms with Gasteiger partial charge < -0.3 is 14.6 Å². The second-order valence-electron chi connectivity index (χ2n) is 3.13. The van der Waals surface area contributed by atoms with Crippen molar-refractivity contribution < 1.29 is 28.2 Å². The molecule has 0 aromatic rings. The molecule has 0 radical (unpaired) electrons. The van der Waals surface area contributed by atoms with Gasteiger partial charge in [0.1, 0.15) is 6.10 Å². The van der Waals surface area contributed by atoms with E-state index in [4.69, 9.17) is 9.84 Å². The largest absolute Gasteiger partial charge is 0.433 e. The van der Waals surface area contributed by atoms with Crippen molar-refractivity contribution in [3.63, 3.8) is 0 Å². The fourth-order valence-corrected chi connectivity index (χ4v) is 1.32. The molecule has 0 aromatic heterocycles. The quantitative estimate of drug-likeness (QED) is 0.681. The SMILES string of the molecule is CC[C@H]1OC(OC(C)=O)[C@H](O)C1(F)F. The van der Waals surface area contributed by atoms with Crippen LogP contribution < -0.4 is 0 Å². The molecule has 6 heteroatoms. The monoisotopic (exact) mass is 210 g/mol. The van der Waals surface area contributed by atoms with Gasteiger partial charge in [0, 0.05) is 6.92 Å². The Morgan fingerprint density at radius 1 is 1.64 bits per heavy atom. The Kier molecular flexibility index (Phi) is 3.06. The van der Waals surface area contributed by atoms with Crippen LogP contribution in [0.15, 0.2) is 0 Å². The summed E-state index contributed by atoms with van der Waals surface area (Å²) in [6.07, 6.45) is -5.01. The van der Waals surface area contributed by atoms with E-state index in [1.807, 2.05) is 0 Å². The van der Waals surface area contributed by atoms with E-state index in [1.165, 1.54) is 6.92 Å². The van der Waals surface area contributed by atoms with Crippen molar-refractivity contribution in [1.29, 1.82) is 0 Å². The highest BCUT2D eigenvalue weighted by molar-refractivity contribution is 5.66. The number of alkyl halides is 2. The summed E-state index contributed by atoms with van der Waals surface area (Å²) in [5.41, 5.74) is 0. The summed E-state index contributed by atoms with van der Waals surface area (Å²) >= 11 is 0. The van der Waals surface area contributed by atoms with Crippen LogP contribution in [0.2, 0.25) is 0 Å². The lowest BCUT2D eigenvalue weighted by molar-refractivity contribution is -0.186. The Balaban J connectivity index is 2.71. The van der Waals surface area contributed by atoms with Gasteiger partial charge in [0.15, 0.2) is 6.10 Å². The number of carbonyl (C=O) groups excluding carboxylic acids is 1. The van der Waals surface area contributed by atoms with Gasteiger partial charge in [-0.1, -0.05) is 6.92 Å². The van der Waals surface area contributed by atoms with Crippen LogP contribution in [-0.2, 0) is 14.3 Å². The molecule has 4 nitrogen and oxygen atoms in total. The van der Waals surface area contributed by atoms with E-state index in [0.29, 0.717) is 0 Å². The number of rotatable bonds is 2. The van der Waals surface area contributed by atoms with Gasteiger partial charge in [0.05, 0.1) is 0 Å². The van der Waals surface area contributed by atoms with E-state index < -0.39 is 30.4 Å². The molecule has 1 aliphatic heterocycles. The number of hydrogen-bond donors (Lipinski definition) is 1. The number of esters is 1. The van der Waals surface area contributed by atoms with Crippen molar-refractivity contribution in [3.8, 4) is 0 Å². The molecule has 1 fully saturated rings. The van der Waals surface area contributed by atoms with E-state index in [-0.39, 0.29) is 6.42 Å². The second-order valence-corrected chi connectivity index (χ2v) is 3.13. The molecular formula is C8H12F2O4. The fourth-order valence-electron chi connectivity index (χ4n) is 1.32. The number of ether oxygens (including phenoxy) is 2. The van der Waals surface area contributed by atoms with Gasteiger partial charge in [-0.2, -0.15) is 0 Å². The Morgan fingerprint density at radius 2 is 2.21 bits per heavy atom. The minimum Gasteiger partial charge on any atom is -0.433 e. The van der Waals surface area contributed by atoms with Crippen molar-refractivity contribution in [3.05, 3.63) is 0 Å². The summed E-state index contributed by atoms with van der Waals surface area (Å²) in [7, 11) is 0. The smallest absolute Gasteiger partial charge is 0.305 e. The molecule has 0 spiro atoms. The average Bonchev–Trinajstić information content (AvgIpc) is 2.27. The van der Waals surface area contributed by atoms with Gasteiger partial charge in [-0.3, -0.25) is 4.79 Å². The number of carbonyl (C=O) groups is 1. The molecule has 14 heavy (non-hydrogen) atoms. The molecule has 3 atom stereocenters.